The molecule has 0 spiro atoms. The Bertz CT molecular complexity index is 295. The summed E-state index contributed by atoms with van der Waals surface area (Å²) in [5.41, 5.74) is 6.47. The Kier molecular flexibility index (Phi) is 3.52. The van der Waals surface area contributed by atoms with Gasteiger partial charge in [-0.15, -0.1) is 0 Å². The van der Waals surface area contributed by atoms with Crippen LogP contribution in [0.1, 0.15) is 0 Å². The normalized spacial score (nSPS) is 12.1. The van der Waals surface area contributed by atoms with E-state index in [1.54, 1.807) is 0 Å². The molecule has 14 heavy (non-hydrogen) atoms. The zero-order valence-corrected chi connectivity index (χ0v) is 11.3. The van der Waals surface area contributed by atoms with Crippen molar-refractivity contribution in [2.24, 2.45) is 0 Å². The lowest BCUT2D eigenvalue weighted by atomic mass is 10.3. The van der Waals surface area contributed by atoms with Crippen LogP contribution in [-0.4, -0.2) is 17.4 Å². The largest absolute Gasteiger partial charge is 0.452 e. The van der Waals surface area contributed by atoms with Gasteiger partial charge in [-0.25, -0.2) is 0 Å². The van der Waals surface area contributed by atoms with Gasteiger partial charge < -0.3 is 9.85 Å². The summed E-state index contributed by atoms with van der Waals surface area (Å²) in [4.78, 5) is 0. The molecule has 0 fully saturated rings. The second kappa shape index (κ2) is 4.29. The molecule has 0 aliphatic heterocycles. The third-order valence-electron chi connectivity index (χ3n) is 2.07. The van der Waals surface area contributed by atoms with E-state index in [1.807, 2.05) is 12.1 Å². The second-order valence-corrected chi connectivity index (χ2v) is 10.4. The van der Waals surface area contributed by atoms with Crippen molar-refractivity contribution < 1.29 is 4.12 Å². The SMILES string of the molecule is C[Si](C)O[Si](C)(C)c1ccc(N)cc1. The first kappa shape index (κ1) is 11.5. The Balaban J connectivity index is 2.86. The molecule has 0 heterocycles. The summed E-state index contributed by atoms with van der Waals surface area (Å²) in [5, 5.41) is 1.32. The van der Waals surface area contributed by atoms with Crippen LogP contribution < -0.4 is 10.9 Å². The maximum atomic E-state index is 6.06. The van der Waals surface area contributed by atoms with Gasteiger partial charge in [0.1, 0.15) is 0 Å². The summed E-state index contributed by atoms with van der Waals surface area (Å²) < 4.78 is 6.06. The Hall–Kier alpha value is -0.586. The first-order chi connectivity index (χ1) is 6.42. The third kappa shape index (κ3) is 2.97. The van der Waals surface area contributed by atoms with E-state index in [9.17, 15) is 0 Å². The standard InChI is InChI=1S/C10H18NOSi2/c1-13(2)12-14(3,4)10-7-5-9(11)6-8-10/h5-8H,11H2,1-4H3. The summed E-state index contributed by atoms with van der Waals surface area (Å²) in [6, 6.07) is 8.08. The molecule has 0 aliphatic rings. The molecule has 0 amide bonds. The van der Waals surface area contributed by atoms with Crippen molar-refractivity contribution >= 4 is 28.2 Å². The van der Waals surface area contributed by atoms with Crippen LogP contribution >= 0.6 is 0 Å². The molecule has 1 aromatic rings. The fourth-order valence-corrected chi connectivity index (χ4v) is 6.98. The average molecular weight is 224 g/mol. The van der Waals surface area contributed by atoms with E-state index < -0.39 is 17.4 Å². The van der Waals surface area contributed by atoms with Gasteiger partial charge in [-0.3, -0.25) is 0 Å². The van der Waals surface area contributed by atoms with Gasteiger partial charge in [-0.1, -0.05) is 12.1 Å². The molecule has 1 rings (SSSR count). The van der Waals surface area contributed by atoms with Crippen molar-refractivity contribution in [1.82, 2.24) is 0 Å². The molecule has 0 unspecified atom stereocenters. The highest BCUT2D eigenvalue weighted by atomic mass is 28.4. The molecular formula is C10H18NOSi2. The number of rotatable bonds is 3. The van der Waals surface area contributed by atoms with E-state index in [0.717, 1.165) is 5.69 Å². The lowest BCUT2D eigenvalue weighted by Gasteiger charge is -2.25. The Morgan fingerprint density at radius 2 is 1.64 bits per heavy atom. The van der Waals surface area contributed by atoms with Crippen LogP contribution in [0.5, 0.6) is 0 Å². The monoisotopic (exact) mass is 224 g/mol. The topological polar surface area (TPSA) is 35.2 Å². The average Bonchev–Trinajstić information content (AvgIpc) is 2.02. The first-order valence-corrected chi connectivity index (χ1v) is 10.1. The number of benzene rings is 1. The van der Waals surface area contributed by atoms with Crippen LogP contribution in [0.15, 0.2) is 24.3 Å². The van der Waals surface area contributed by atoms with Gasteiger partial charge in [0.05, 0.1) is 0 Å². The minimum Gasteiger partial charge on any atom is -0.452 e. The summed E-state index contributed by atoms with van der Waals surface area (Å²) in [6.45, 7) is 8.82. The Labute approximate surface area is 88.9 Å². The predicted molar refractivity (Wildman–Crippen MR) is 66.5 cm³/mol. The molecule has 2 N–H and O–H groups in total. The van der Waals surface area contributed by atoms with Gasteiger partial charge in [0.25, 0.3) is 0 Å². The van der Waals surface area contributed by atoms with E-state index in [4.69, 9.17) is 9.85 Å². The van der Waals surface area contributed by atoms with Crippen molar-refractivity contribution in [1.29, 1.82) is 0 Å². The van der Waals surface area contributed by atoms with Crippen LogP contribution in [0.4, 0.5) is 5.69 Å². The smallest absolute Gasteiger partial charge is 0.205 e. The van der Waals surface area contributed by atoms with E-state index in [0.29, 0.717) is 0 Å². The maximum absolute atomic E-state index is 6.06. The van der Waals surface area contributed by atoms with Crippen LogP contribution in [0.2, 0.25) is 26.2 Å². The molecule has 77 valence electrons. The first-order valence-electron chi connectivity index (χ1n) is 4.77. The van der Waals surface area contributed by atoms with Crippen molar-refractivity contribution in [3.8, 4) is 0 Å². The quantitative estimate of drug-likeness (QED) is 0.629. The number of nitrogen functional groups attached to an aromatic ring is 1. The molecule has 2 nitrogen and oxygen atoms in total. The van der Waals surface area contributed by atoms with Crippen molar-refractivity contribution in [2.45, 2.75) is 26.2 Å². The van der Waals surface area contributed by atoms with Crippen LogP contribution in [-0.2, 0) is 4.12 Å². The van der Waals surface area contributed by atoms with Gasteiger partial charge in [-0.05, 0) is 43.5 Å². The van der Waals surface area contributed by atoms with Gasteiger partial charge in [0.2, 0.25) is 8.32 Å². The van der Waals surface area contributed by atoms with Gasteiger partial charge in [0.15, 0.2) is 9.04 Å². The lowest BCUT2D eigenvalue weighted by molar-refractivity contribution is 0.590. The number of anilines is 1. The molecule has 0 atom stereocenters. The highest BCUT2D eigenvalue weighted by molar-refractivity contribution is 6.88. The summed E-state index contributed by atoms with van der Waals surface area (Å²) in [7, 11) is -2.29. The molecule has 0 saturated heterocycles. The third-order valence-corrected chi connectivity index (χ3v) is 7.46. The summed E-state index contributed by atoms with van der Waals surface area (Å²) in [5.74, 6) is 0. The highest BCUT2D eigenvalue weighted by Crippen LogP contribution is 2.08. The maximum Gasteiger partial charge on any atom is 0.205 e. The van der Waals surface area contributed by atoms with E-state index in [1.165, 1.54) is 5.19 Å². The van der Waals surface area contributed by atoms with Crippen molar-refractivity contribution in [3.05, 3.63) is 24.3 Å². The number of hydrogen-bond acceptors (Lipinski definition) is 2. The molecule has 0 aliphatic carbocycles. The van der Waals surface area contributed by atoms with Crippen LogP contribution in [0.3, 0.4) is 0 Å². The zero-order valence-electron chi connectivity index (χ0n) is 9.29. The Morgan fingerprint density at radius 3 is 2.07 bits per heavy atom. The minimum absolute atomic E-state index is 0.618. The highest BCUT2D eigenvalue weighted by Gasteiger charge is 2.26. The van der Waals surface area contributed by atoms with Gasteiger partial charge in [-0.2, -0.15) is 0 Å². The fourth-order valence-electron chi connectivity index (χ4n) is 1.45. The van der Waals surface area contributed by atoms with E-state index >= 15 is 0 Å². The van der Waals surface area contributed by atoms with Crippen LogP contribution in [0.25, 0.3) is 0 Å². The summed E-state index contributed by atoms with van der Waals surface area (Å²) >= 11 is 0. The van der Waals surface area contributed by atoms with E-state index in [2.05, 4.69) is 38.3 Å². The minimum atomic E-state index is -1.68. The summed E-state index contributed by atoms with van der Waals surface area (Å²) in [6.07, 6.45) is 0. The molecule has 0 aromatic heterocycles. The number of hydrogen-bond donors (Lipinski definition) is 1. The molecule has 1 aromatic carbocycles. The Morgan fingerprint density at radius 1 is 1.14 bits per heavy atom. The fraction of sp³-hybridized carbons (Fsp3) is 0.400. The molecule has 1 radical (unpaired) electrons. The number of nitrogens with two attached hydrogens (primary N) is 1. The predicted octanol–water partition coefficient (Wildman–Crippen LogP) is 1.95. The van der Waals surface area contributed by atoms with E-state index in [-0.39, 0.29) is 0 Å². The second-order valence-electron chi connectivity index (χ2n) is 4.14. The molecular weight excluding hydrogens is 206 g/mol. The zero-order chi connectivity index (χ0) is 10.8. The lowest BCUT2D eigenvalue weighted by Crippen LogP contribution is -2.47. The molecule has 0 saturated carbocycles. The molecule has 4 heteroatoms. The van der Waals surface area contributed by atoms with Gasteiger partial charge >= 0.3 is 0 Å². The van der Waals surface area contributed by atoms with Crippen molar-refractivity contribution in [3.63, 3.8) is 0 Å². The van der Waals surface area contributed by atoms with Gasteiger partial charge in [0, 0.05) is 5.69 Å². The van der Waals surface area contributed by atoms with Crippen LogP contribution in [0, 0.1) is 0 Å². The molecule has 0 bridgehead atoms. The van der Waals surface area contributed by atoms with Crippen molar-refractivity contribution in [2.75, 3.05) is 5.73 Å².